The largest absolute Gasteiger partial charge is 0.465 e. The van der Waals surface area contributed by atoms with Gasteiger partial charge >= 0.3 is 5.97 Å². The van der Waals surface area contributed by atoms with Crippen molar-refractivity contribution in [1.82, 2.24) is 0 Å². The van der Waals surface area contributed by atoms with Crippen molar-refractivity contribution in [3.8, 4) is 0 Å². The molecule has 1 fully saturated rings. The van der Waals surface area contributed by atoms with Crippen LogP contribution in [0.3, 0.4) is 0 Å². The van der Waals surface area contributed by atoms with Crippen molar-refractivity contribution in [2.24, 2.45) is 5.41 Å². The van der Waals surface area contributed by atoms with Gasteiger partial charge in [-0.05, 0) is 13.3 Å². The van der Waals surface area contributed by atoms with Gasteiger partial charge in [0, 0.05) is 6.42 Å². The molecule has 3 heteroatoms. The van der Waals surface area contributed by atoms with Gasteiger partial charge in [-0.15, -0.1) is 0 Å². The number of unbranched alkanes of at least 4 members (excludes halogenated alkanes) is 4. The van der Waals surface area contributed by atoms with Crippen LogP contribution in [0.2, 0.25) is 0 Å². The summed E-state index contributed by atoms with van der Waals surface area (Å²) in [7, 11) is 0. The van der Waals surface area contributed by atoms with Gasteiger partial charge in [0.15, 0.2) is 0 Å². The van der Waals surface area contributed by atoms with Crippen molar-refractivity contribution in [3.63, 3.8) is 0 Å². The Morgan fingerprint density at radius 1 is 1.31 bits per heavy atom. The van der Waals surface area contributed by atoms with Crippen LogP contribution in [0.1, 0.15) is 58.8 Å². The van der Waals surface area contributed by atoms with Gasteiger partial charge in [-0.1, -0.05) is 39.0 Å². The monoisotopic (exact) mass is 226 g/mol. The first kappa shape index (κ1) is 13.2. The SMILES string of the molecule is CCCCCCCC1(C(C)=O)CCOC1=O. The zero-order chi connectivity index (χ0) is 12.0. The van der Waals surface area contributed by atoms with Gasteiger partial charge in [-0.2, -0.15) is 0 Å². The van der Waals surface area contributed by atoms with Crippen LogP contribution in [0.25, 0.3) is 0 Å². The van der Waals surface area contributed by atoms with E-state index in [1.165, 1.54) is 26.2 Å². The third-order valence-corrected chi connectivity index (χ3v) is 3.53. The Kier molecular flexibility index (Phi) is 4.97. The summed E-state index contributed by atoms with van der Waals surface area (Å²) in [4.78, 5) is 23.2. The number of ketones is 1. The topological polar surface area (TPSA) is 43.4 Å². The molecule has 1 unspecified atom stereocenters. The average molecular weight is 226 g/mol. The molecule has 0 bridgehead atoms. The van der Waals surface area contributed by atoms with E-state index >= 15 is 0 Å². The summed E-state index contributed by atoms with van der Waals surface area (Å²) in [5.74, 6) is -0.319. The molecule has 1 rings (SSSR count). The van der Waals surface area contributed by atoms with Gasteiger partial charge in [0.05, 0.1) is 6.61 Å². The molecule has 0 spiro atoms. The van der Waals surface area contributed by atoms with Crippen LogP contribution in [0.15, 0.2) is 0 Å². The molecule has 92 valence electrons. The van der Waals surface area contributed by atoms with E-state index in [4.69, 9.17) is 4.74 Å². The highest BCUT2D eigenvalue weighted by Crippen LogP contribution is 2.36. The quantitative estimate of drug-likeness (QED) is 0.381. The van der Waals surface area contributed by atoms with E-state index in [0.29, 0.717) is 19.4 Å². The Morgan fingerprint density at radius 3 is 2.50 bits per heavy atom. The maximum atomic E-state index is 11.6. The first-order chi connectivity index (χ1) is 7.63. The number of cyclic esters (lactones) is 1. The van der Waals surface area contributed by atoms with Crippen molar-refractivity contribution < 1.29 is 14.3 Å². The van der Waals surface area contributed by atoms with Gasteiger partial charge in [-0.25, -0.2) is 0 Å². The normalized spacial score (nSPS) is 24.5. The van der Waals surface area contributed by atoms with Crippen molar-refractivity contribution in [2.75, 3.05) is 6.61 Å². The fourth-order valence-corrected chi connectivity index (χ4v) is 2.31. The fourth-order valence-electron chi connectivity index (χ4n) is 2.31. The standard InChI is InChI=1S/C13H22O3/c1-3-4-5-6-7-8-13(11(2)14)9-10-16-12(13)15/h3-10H2,1-2H3. The first-order valence-corrected chi connectivity index (χ1v) is 6.32. The second kappa shape index (κ2) is 6.02. The molecule has 0 aliphatic carbocycles. The highest BCUT2D eigenvalue weighted by Gasteiger charge is 2.47. The fraction of sp³-hybridized carbons (Fsp3) is 0.846. The van der Waals surface area contributed by atoms with Gasteiger partial charge in [0.25, 0.3) is 0 Å². The Morgan fingerprint density at radius 2 is 2.00 bits per heavy atom. The summed E-state index contributed by atoms with van der Waals surface area (Å²) in [5, 5.41) is 0. The van der Waals surface area contributed by atoms with Crippen molar-refractivity contribution in [1.29, 1.82) is 0 Å². The Bertz CT molecular complexity index is 260. The van der Waals surface area contributed by atoms with Crippen molar-refractivity contribution in [2.45, 2.75) is 58.8 Å². The lowest BCUT2D eigenvalue weighted by Crippen LogP contribution is -2.34. The Balaban J connectivity index is 2.41. The van der Waals surface area contributed by atoms with Crippen molar-refractivity contribution >= 4 is 11.8 Å². The smallest absolute Gasteiger partial charge is 0.319 e. The van der Waals surface area contributed by atoms with Gasteiger partial charge < -0.3 is 4.74 Å². The predicted molar refractivity (Wildman–Crippen MR) is 62.1 cm³/mol. The summed E-state index contributed by atoms with van der Waals surface area (Å²) in [6, 6.07) is 0. The number of carbonyl (C=O) groups is 2. The molecule has 3 nitrogen and oxygen atoms in total. The molecule has 0 saturated carbocycles. The lowest BCUT2D eigenvalue weighted by molar-refractivity contribution is -0.151. The van der Waals surface area contributed by atoms with Crippen LogP contribution in [-0.4, -0.2) is 18.4 Å². The zero-order valence-electron chi connectivity index (χ0n) is 10.4. The number of rotatable bonds is 7. The molecule has 16 heavy (non-hydrogen) atoms. The minimum atomic E-state index is -0.799. The van der Waals surface area contributed by atoms with E-state index in [1.54, 1.807) is 0 Å². The third kappa shape index (κ3) is 2.83. The minimum Gasteiger partial charge on any atom is -0.465 e. The number of Topliss-reactive ketones (excluding diaryl/α,β-unsaturated/α-hetero) is 1. The number of hydrogen-bond donors (Lipinski definition) is 0. The molecule has 1 saturated heterocycles. The number of esters is 1. The summed E-state index contributed by atoms with van der Waals surface area (Å²) >= 11 is 0. The molecular formula is C13H22O3. The molecule has 0 radical (unpaired) electrons. The van der Waals surface area contributed by atoms with Gasteiger partial charge in [0.2, 0.25) is 0 Å². The minimum absolute atomic E-state index is 0.0227. The van der Waals surface area contributed by atoms with E-state index in [9.17, 15) is 9.59 Å². The first-order valence-electron chi connectivity index (χ1n) is 6.32. The van der Waals surface area contributed by atoms with Crippen LogP contribution in [0, 0.1) is 5.41 Å². The second-order valence-corrected chi connectivity index (χ2v) is 4.69. The summed E-state index contributed by atoms with van der Waals surface area (Å²) in [5.41, 5.74) is -0.799. The van der Waals surface area contributed by atoms with Crippen LogP contribution in [0.5, 0.6) is 0 Å². The molecule has 0 aromatic carbocycles. The summed E-state index contributed by atoms with van der Waals surface area (Å²) < 4.78 is 4.95. The highest BCUT2D eigenvalue weighted by molar-refractivity contribution is 6.03. The lowest BCUT2D eigenvalue weighted by Gasteiger charge is -2.20. The average Bonchev–Trinajstić information content (AvgIpc) is 2.61. The van der Waals surface area contributed by atoms with E-state index in [0.717, 1.165) is 12.8 Å². The summed E-state index contributed by atoms with van der Waals surface area (Å²) in [6.45, 7) is 4.09. The van der Waals surface area contributed by atoms with Crippen LogP contribution >= 0.6 is 0 Å². The highest BCUT2D eigenvalue weighted by atomic mass is 16.5. The van der Waals surface area contributed by atoms with Crippen LogP contribution in [0.4, 0.5) is 0 Å². The van der Waals surface area contributed by atoms with Crippen molar-refractivity contribution in [3.05, 3.63) is 0 Å². The second-order valence-electron chi connectivity index (χ2n) is 4.69. The molecule has 1 atom stereocenters. The maximum Gasteiger partial charge on any atom is 0.319 e. The zero-order valence-corrected chi connectivity index (χ0v) is 10.4. The molecule has 0 aromatic rings. The summed E-state index contributed by atoms with van der Waals surface area (Å²) in [6.07, 6.45) is 6.95. The molecule has 1 heterocycles. The van der Waals surface area contributed by atoms with E-state index < -0.39 is 5.41 Å². The van der Waals surface area contributed by atoms with Crippen LogP contribution in [-0.2, 0) is 14.3 Å². The Hall–Kier alpha value is -0.860. The lowest BCUT2D eigenvalue weighted by atomic mass is 9.78. The molecular weight excluding hydrogens is 204 g/mol. The van der Waals surface area contributed by atoms with Gasteiger partial charge in [0.1, 0.15) is 11.2 Å². The van der Waals surface area contributed by atoms with Crippen LogP contribution < -0.4 is 0 Å². The maximum absolute atomic E-state index is 11.6. The predicted octanol–water partition coefficient (Wildman–Crippen LogP) is 2.87. The molecule has 1 aliphatic heterocycles. The van der Waals surface area contributed by atoms with E-state index in [2.05, 4.69) is 6.92 Å². The Labute approximate surface area is 97.5 Å². The molecule has 1 aliphatic rings. The van der Waals surface area contributed by atoms with Gasteiger partial charge in [-0.3, -0.25) is 9.59 Å². The third-order valence-electron chi connectivity index (χ3n) is 3.53. The molecule has 0 aromatic heterocycles. The number of carbonyl (C=O) groups excluding carboxylic acids is 2. The molecule has 0 amide bonds. The molecule has 0 N–H and O–H groups in total. The number of hydrogen-bond acceptors (Lipinski definition) is 3. The van der Waals surface area contributed by atoms with E-state index in [-0.39, 0.29) is 11.8 Å². The van der Waals surface area contributed by atoms with E-state index in [1.807, 2.05) is 0 Å². The number of ether oxygens (including phenoxy) is 1.